The van der Waals surface area contributed by atoms with Gasteiger partial charge in [-0.15, -0.1) is 0 Å². The van der Waals surface area contributed by atoms with Gasteiger partial charge in [-0.25, -0.2) is 5.01 Å². The summed E-state index contributed by atoms with van der Waals surface area (Å²) < 4.78 is 0.912. The van der Waals surface area contributed by atoms with Crippen LogP contribution >= 0.6 is 27.5 Å². The number of rotatable bonds is 4. The van der Waals surface area contributed by atoms with E-state index in [1.807, 2.05) is 24.3 Å². The minimum atomic E-state index is -0.400. The Labute approximate surface area is 189 Å². The molecule has 0 N–H and O–H groups in total. The van der Waals surface area contributed by atoms with Crippen LogP contribution in [-0.2, 0) is 16.1 Å². The number of fused-ring (bicyclic) bond motifs is 1. The number of halogens is 2. The molecule has 1 heterocycles. The summed E-state index contributed by atoms with van der Waals surface area (Å²) in [5.41, 5.74) is 1.20. The molecule has 0 aromatic heterocycles. The Bertz CT molecular complexity index is 977. The molecule has 0 spiro atoms. The summed E-state index contributed by atoms with van der Waals surface area (Å²) in [6.45, 7) is 2.23. The maximum Gasteiger partial charge on any atom is 0.273 e. The average Bonchev–Trinajstić information content (AvgIpc) is 2.97. The third kappa shape index (κ3) is 4.03. The molecule has 4 rings (SSSR count). The lowest BCUT2D eigenvalue weighted by Crippen LogP contribution is -2.49. The van der Waals surface area contributed by atoms with Crippen LogP contribution < -0.4 is 0 Å². The first-order chi connectivity index (χ1) is 14.3. The fourth-order valence-electron chi connectivity index (χ4n) is 4.35. The van der Waals surface area contributed by atoms with E-state index in [2.05, 4.69) is 22.9 Å². The van der Waals surface area contributed by atoms with Gasteiger partial charge in [-0.3, -0.25) is 14.4 Å². The second kappa shape index (κ2) is 8.52. The summed E-state index contributed by atoms with van der Waals surface area (Å²) in [7, 11) is 0. The molecule has 30 heavy (non-hydrogen) atoms. The summed E-state index contributed by atoms with van der Waals surface area (Å²) in [4.78, 5) is 39.9. The van der Waals surface area contributed by atoms with Crippen LogP contribution in [0, 0.1) is 17.8 Å². The summed E-state index contributed by atoms with van der Waals surface area (Å²) >= 11 is 9.37. The second-order valence-corrected chi connectivity index (χ2v) is 9.47. The Morgan fingerprint density at radius 2 is 1.67 bits per heavy atom. The van der Waals surface area contributed by atoms with Gasteiger partial charge >= 0.3 is 0 Å². The third-order valence-electron chi connectivity index (χ3n) is 5.98. The third-order valence-corrected chi connectivity index (χ3v) is 6.76. The van der Waals surface area contributed by atoms with Crippen LogP contribution in [0.2, 0.25) is 5.02 Å². The van der Waals surface area contributed by atoms with Crippen molar-refractivity contribution in [3.63, 3.8) is 0 Å². The molecule has 1 saturated carbocycles. The lowest BCUT2D eigenvalue weighted by atomic mass is 9.76. The molecule has 5 nitrogen and oxygen atoms in total. The Hall–Kier alpha value is -2.18. The smallest absolute Gasteiger partial charge is 0.272 e. The first-order valence-corrected chi connectivity index (χ1v) is 11.2. The molecule has 3 amide bonds. The normalized spacial score (nSPS) is 23.4. The first kappa shape index (κ1) is 21.1. The molecule has 0 unspecified atom stereocenters. The molecule has 2 aromatic rings. The predicted octanol–water partition coefficient (Wildman–Crippen LogP) is 5.08. The van der Waals surface area contributed by atoms with Gasteiger partial charge in [-0.05, 0) is 67.1 Å². The van der Waals surface area contributed by atoms with E-state index in [1.165, 1.54) is 5.01 Å². The van der Waals surface area contributed by atoms with Crippen molar-refractivity contribution in [1.29, 1.82) is 0 Å². The number of hydrazine groups is 1. The second-order valence-electron chi connectivity index (χ2n) is 8.12. The monoisotopic (exact) mass is 488 g/mol. The Morgan fingerprint density at radius 3 is 2.33 bits per heavy atom. The van der Waals surface area contributed by atoms with Crippen molar-refractivity contribution in [1.82, 2.24) is 10.0 Å². The van der Waals surface area contributed by atoms with E-state index < -0.39 is 5.91 Å². The largest absolute Gasteiger partial charge is 0.273 e. The van der Waals surface area contributed by atoms with Crippen molar-refractivity contribution < 1.29 is 14.4 Å². The predicted molar refractivity (Wildman–Crippen MR) is 117 cm³/mol. The quantitative estimate of drug-likeness (QED) is 0.563. The number of hydrogen-bond acceptors (Lipinski definition) is 3. The Balaban J connectivity index is 1.70. The van der Waals surface area contributed by atoms with Gasteiger partial charge in [0, 0.05) is 15.1 Å². The highest BCUT2D eigenvalue weighted by molar-refractivity contribution is 9.10. The highest BCUT2D eigenvalue weighted by atomic mass is 79.9. The highest BCUT2D eigenvalue weighted by Gasteiger charge is 2.52. The minimum absolute atomic E-state index is 0.126. The number of nitrogens with zero attached hydrogens (tertiary/aromatic N) is 2. The molecule has 2 fully saturated rings. The van der Waals surface area contributed by atoms with Crippen molar-refractivity contribution >= 4 is 45.3 Å². The topological polar surface area (TPSA) is 57.7 Å². The fourth-order valence-corrected chi connectivity index (χ4v) is 4.74. The van der Waals surface area contributed by atoms with Crippen LogP contribution in [0.15, 0.2) is 53.0 Å². The van der Waals surface area contributed by atoms with Gasteiger partial charge in [0.1, 0.15) is 0 Å². The lowest BCUT2D eigenvalue weighted by Gasteiger charge is -2.30. The Morgan fingerprint density at radius 1 is 1.03 bits per heavy atom. The molecule has 1 aliphatic heterocycles. The molecular formula is C23H22BrClN2O3. The molecule has 1 saturated heterocycles. The zero-order valence-electron chi connectivity index (χ0n) is 16.6. The number of hydrogen-bond donors (Lipinski definition) is 0. The van der Waals surface area contributed by atoms with E-state index in [1.54, 1.807) is 24.3 Å². The van der Waals surface area contributed by atoms with Crippen molar-refractivity contribution in [2.75, 3.05) is 0 Å². The van der Waals surface area contributed by atoms with E-state index in [0.29, 0.717) is 29.3 Å². The summed E-state index contributed by atoms with van der Waals surface area (Å²) in [5, 5.41) is 2.91. The summed E-state index contributed by atoms with van der Waals surface area (Å²) in [6, 6.07) is 14.0. The number of carbonyl (C=O) groups excluding carboxylic acids is 3. The zero-order valence-corrected chi connectivity index (χ0v) is 18.9. The van der Waals surface area contributed by atoms with E-state index in [4.69, 9.17) is 11.6 Å². The van der Waals surface area contributed by atoms with Crippen LogP contribution in [0.5, 0.6) is 0 Å². The molecule has 156 valence electrons. The van der Waals surface area contributed by atoms with E-state index in [9.17, 15) is 14.4 Å². The van der Waals surface area contributed by atoms with Gasteiger partial charge in [-0.2, -0.15) is 5.01 Å². The van der Waals surface area contributed by atoms with Crippen LogP contribution in [0.25, 0.3) is 0 Å². The molecule has 1 aliphatic carbocycles. The van der Waals surface area contributed by atoms with Gasteiger partial charge in [0.05, 0.1) is 18.4 Å². The molecule has 0 radical (unpaired) electrons. The van der Waals surface area contributed by atoms with E-state index in [0.717, 1.165) is 21.5 Å². The van der Waals surface area contributed by atoms with Gasteiger partial charge < -0.3 is 0 Å². The maximum atomic E-state index is 13.4. The van der Waals surface area contributed by atoms with Crippen LogP contribution in [-0.4, -0.2) is 27.7 Å². The Kier molecular flexibility index (Phi) is 5.98. The van der Waals surface area contributed by atoms with Crippen molar-refractivity contribution in [3.05, 3.63) is 69.2 Å². The minimum Gasteiger partial charge on any atom is -0.272 e. The molecular weight excluding hydrogens is 468 g/mol. The molecule has 0 bridgehead atoms. The zero-order chi connectivity index (χ0) is 21.4. The van der Waals surface area contributed by atoms with Crippen LogP contribution in [0.4, 0.5) is 0 Å². The van der Waals surface area contributed by atoms with E-state index in [-0.39, 0.29) is 30.2 Å². The van der Waals surface area contributed by atoms with E-state index >= 15 is 0 Å². The summed E-state index contributed by atoms with van der Waals surface area (Å²) in [5.74, 6) is -1.21. The average molecular weight is 490 g/mol. The van der Waals surface area contributed by atoms with Gasteiger partial charge in [0.2, 0.25) is 0 Å². The molecule has 2 aromatic carbocycles. The SMILES string of the molecule is C[C@@H]1CC[C@@H]2C(=O)N(N(Cc3ccc(Br)cc3)C(=O)c3ccc(Cl)cc3)C(=O)[C@@H]2C1. The summed E-state index contributed by atoms with van der Waals surface area (Å²) in [6.07, 6.45) is 2.30. The van der Waals surface area contributed by atoms with Gasteiger partial charge in [0.15, 0.2) is 0 Å². The van der Waals surface area contributed by atoms with Crippen molar-refractivity contribution in [2.24, 2.45) is 17.8 Å². The number of imide groups is 1. The lowest BCUT2D eigenvalue weighted by molar-refractivity contribution is -0.155. The van der Waals surface area contributed by atoms with Gasteiger partial charge in [-0.1, -0.05) is 46.6 Å². The van der Waals surface area contributed by atoms with Crippen molar-refractivity contribution in [2.45, 2.75) is 32.7 Å². The maximum absolute atomic E-state index is 13.4. The van der Waals surface area contributed by atoms with Crippen LogP contribution in [0.3, 0.4) is 0 Å². The molecule has 3 atom stereocenters. The highest BCUT2D eigenvalue weighted by Crippen LogP contribution is 2.41. The number of carbonyl (C=O) groups is 3. The number of benzene rings is 2. The van der Waals surface area contributed by atoms with Crippen LogP contribution in [0.1, 0.15) is 42.1 Å². The van der Waals surface area contributed by atoms with Crippen molar-refractivity contribution in [3.8, 4) is 0 Å². The fraction of sp³-hybridized carbons (Fsp3) is 0.348. The molecule has 7 heteroatoms. The standard InChI is InChI=1S/C23H22BrClN2O3/c1-14-2-11-19-20(12-14)23(30)27(22(19)29)26(13-15-3-7-17(24)8-4-15)21(28)16-5-9-18(25)10-6-16/h3-10,14,19-20H,2,11-13H2,1H3/t14-,19+,20-/m1/s1. The van der Waals surface area contributed by atoms with Gasteiger partial charge in [0.25, 0.3) is 17.7 Å². The first-order valence-electron chi connectivity index (χ1n) is 10.0. The molecule has 2 aliphatic rings. The number of amides is 3.